The standard InChI is InChI=1S/C25H30N2O7/c1-4-32-22(28)16-15-21(24(30)33-5-2)26-23(29)19-11-13-20(14-12-19)27(3)25(31)34-17-18-9-7-6-8-10-18/h6-14,21H,4-5,15-17H2,1-3H3,(H,26,29). The van der Waals surface area contributed by atoms with Crippen molar-refractivity contribution in [2.24, 2.45) is 0 Å². The van der Waals surface area contributed by atoms with Crippen molar-refractivity contribution in [2.75, 3.05) is 25.2 Å². The van der Waals surface area contributed by atoms with Gasteiger partial charge in [-0.05, 0) is 50.1 Å². The Morgan fingerprint density at radius 1 is 0.882 bits per heavy atom. The summed E-state index contributed by atoms with van der Waals surface area (Å²) in [5.41, 5.74) is 1.68. The smallest absolute Gasteiger partial charge is 0.414 e. The average Bonchev–Trinajstić information content (AvgIpc) is 2.85. The first-order chi connectivity index (χ1) is 16.3. The molecule has 0 aliphatic rings. The first-order valence-corrected chi connectivity index (χ1v) is 11.0. The Hall–Kier alpha value is -3.88. The van der Waals surface area contributed by atoms with Crippen LogP contribution in [0.15, 0.2) is 54.6 Å². The van der Waals surface area contributed by atoms with Gasteiger partial charge in [0.25, 0.3) is 5.91 Å². The van der Waals surface area contributed by atoms with E-state index in [4.69, 9.17) is 14.2 Å². The summed E-state index contributed by atoms with van der Waals surface area (Å²) in [5, 5.41) is 2.60. The van der Waals surface area contributed by atoms with Gasteiger partial charge in [0.15, 0.2) is 0 Å². The first kappa shape index (κ1) is 26.4. The number of esters is 2. The topological polar surface area (TPSA) is 111 Å². The Bertz CT molecular complexity index is 961. The van der Waals surface area contributed by atoms with Crippen molar-refractivity contribution in [1.29, 1.82) is 0 Å². The number of ether oxygens (including phenoxy) is 3. The summed E-state index contributed by atoms with van der Waals surface area (Å²) in [5.74, 6) is -1.60. The molecule has 9 nitrogen and oxygen atoms in total. The van der Waals surface area contributed by atoms with Crippen molar-refractivity contribution >= 4 is 29.6 Å². The molecular formula is C25H30N2O7. The number of carbonyl (C=O) groups excluding carboxylic acids is 4. The third-order valence-electron chi connectivity index (χ3n) is 4.81. The Kier molecular flexibility index (Phi) is 10.6. The molecule has 0 aliphatic carbocycles. The van der Waals surface area contributed by atoms with Gasteiger partial charge >= 0.3 is 18.0 Å². The van der Waals surface area contributed by atoms with E-state index in [0.29, 0.717) is 5.69 Å². The molecule has 0 aromatic heterocycles. The highest BCUT2D eigenvalue weighted by Crippen LogP contribution is 2.16. The van der Waals surface area contributed by atoms with E-state index in [1.54, 1.807) is 33.0 Å². The predicted octanol–water partition coefficient (Wildman–Crippen LogP) is 3.46. The summed E-state index contributed by atoms with van der Waals surface area (Å²) >= 11 is 0. The van der Waals surface area contributed by atoms with Crippen LogP contribution in [0.5, 0.6) is 0 Å². The lowest BCUT2D eigenvalue weighted by atomic mass is 10.1. The lowest BCUT2D eigenvalue weighted by molar-refractivity contribution is -0.146. The van der Waals surface area contributed by atoms with E-state index >= 15 is 0 Å². The van der Waals surface area contributed by atoms with E-state index in [9.17, 15) is 19.2 Å². The number of carbonyl (C=O) groups is 4. The highest BCUT2D eigenvalue weighted by Gasteiger charge is 2.24. The normalized spacial score (nSPS) is 11.1. The molecule has 0 spiro atoms. The van der Waals surface area contributed by atoms with E-state index in [1.807, 2.05) is 30.3 Å². The van der Waals surface area contributed by atoms with Crippen molar-refractivity contribution in [3.8, 4) is 0 Å². The first-order valence-electron chi connectivity index (χ1n) is 11.0. The van der Waals surface area contributed by atoms with Crippen LogP contribution in [0.1, 0.15) is 42.6 Å². The molecule has 0 aliphatic heterocycles. The molecule has 9 heteroatoms. The summed E-state index contributed by atoms with van der Waals surface area (Å²) in [6, 6.07) is 14.6. The summed E-state index contributed by atoms with van der Waals surface area (Å²) < 4.78 is 15.2. The minimum absolute atomic E-state index is 0.0353. The molecule has 0 fully saturated rings. The number of nitrogens with zero attached hydrogens (tertiary/aromatic N) is 1. The Morgan fingerprint density at radius 3 is 2.15 bits per heavy atom. The molecule has 2 amide bonds. The summed E-state index contributed by atoms with van der Waals surface area (Å²) in [6.07, 6.45) is -0.522. The van der Waals surface area contributed by atoms with Crippen LogP contribution >= 0.6 is 0 Å². The van der Waals surface area contributed by atoms with Crippen LogP contribution in [0.4, 0.5) is 10.5 Å². The van der Waals surface area contributed by atoms with Crippen molar-refractivity contribution in [3.63, 3.8) is 0 Å². The molecule has 2 aromatic carbocycles. The van der Waals surface area contributed by atoms with Crippen LogP contribution < -0.4 is 10.2 Å². The van der Waals surface area contributed by atoms with Gasteiger partial charge in [0.1, 0.15) is 12.6 Å². The van der Waals surface area contributed by atoms with Crippen molar-refractivity contribution < 1.29 is 33.4 Å². The molecule has 34 heavy (non-hydrogen) atoms. The minimum Gasteiger partial charge on any atom is -0.466 e. The lowest BCUT2D eigenvalue weighted by Gasteiger charge is -2.19. The highest BCUT2D eigenvalue weighted by atomic mass is 16.6. The number of benzene rings is 2. The van der Waals surface area contributed by atoms with Crippen LogP contribution in [0, 0.1) is 0 Å². The molecule has 182 valence electrons. The third-order valence-corrected chi connectivity index (χ3v) is 4.81. The maximum absolute atomic E-state index is 12.7. The van der Waals surface area contributed by atoms with Gasteiger partial charge in [-0.1, -0.05) is 30.3 Å². The van der Waals surface area contributed by atoms with Gasteiger partial charge in [-0.3, -0.25) is 14.5 Å². The van der Waals surface area contributed by atoms with Crippen molar-refractivity contribution in [3.05, 3.63) is 65.7 Å². The summed E-state index contributed by atoms with van der Waals surface area (Å²) in [7, 11) is 1.56. The molecule has 0 heterocycles. The second-order valence-electron chi connectivity index (χ2n) is 7.27. The second-order valence-corrected chi connectivity index (χ2v) is 7.27. The zero-order valence-electron chi connectivity index (χ0n) is 19.6. The fourth-order valence-electron chi connectivity index (χ4n) is 2.99. The number of amides is 2. The summed E-state index contributed by atoms with van der Waals surface area (Å²) in [4.78, 5) is 50.2. The Balaban J connectivity index is 1.97. The van der Waals surface area contributed by atoms with E-state index in [1.165, 1.54) is 17.0 Å². The van der Waals surface area contributed by atoms with Gasteiger partial charge in [0.2, 0.25) is 0 Å². The van der Waals surface area contributed by atoms with Gasteiger partial charge in [-0.2, -0.15) is 0 Å². The molecule has 1 unspecified atom stereocenters. The molecule has 2 aromatic rings. The molecule has 1 atom stereocenters. The average molecular weight is 471 g/mol. The molecule has 0 radical (unpaired) electrons. The van der Waals surface area contributed by atoms with Crippen LogP contribution in [0.2, 0.25) is 0 Å². The molecule has 0 saturated carbocycles. The summed E-state index contributed by atoms with van der Waals surface area (Å²) in [6.45, 7) is 3.86. The maximum Gasteiger partial charge on any atom is 0.414 e. The second kappa shape index (κ2) is 13.6. The maximum atomic E-state index is 12.7. The van der Waals surface area contributed by atoms with Gasteiger partial charge in [0, 0.05) is 24.7 Å². The van der Waals surface area contributed by atoms with Crippen LogP contribution in [-0.4, -0.2) is 50.2 Å². The fraction of sp³-hybridized carbons (Fsp3) is 0.360. The molecule has 0 saturated heterocycles. The zero-order valence-corrected chi connectivity index (χ0v) is 19.6. The highest BCUT2D eigenvalue weighted by molar-refractivity contribution is 5.97. The Labute approximate surface area is 199 Å². The van der Waals surface area contributed by atoms with Crippen LogP contribution in [0.3, 0.4) is 0 Å². The van der Waals surface area contributed by atoms with Gasteiger partial charge in [-0.25, -0.2) is 9.59 Å². The van der Waals surface area contributed by atoms with E-state index < -0.39 is 30.0 Å². The third kappa shape index (κ3) is 8.23. The SMILES string of the molecule is CCOC(=O)CCC(NC(=O)c1ccc(N(C)C(=O)OCc2ccccc2)cc1)C(=O)OCC. The zero-order chi connectivity index (χ0) is 24.9. The predicted molar refractivity (Wildman–Crippen MR) is 125 cm³/mol. The van der Waals surface area contributed by atoms with E-state index in [2.05, 4.69) is 5.32 Å². The van der Waals surface area contributed by atoms with Gasteiger partial charge in [-0.15, -0.1) is 0 Å². The minimum atomic E-state index is -0.993. The molecule has 0 bridgehead atoms. The largest absolute Gasteiger partial charge is 0.466 e. The van der Waals surface area contributed by atoms with Crippen molar-refractivity contribution in [2.45, 2.75) is 39.3 Å². The van der Waals surface area contributed by atoms with Crippen molar-refractivity contribution in [1.82, 2.24) is 5.32 Å². The lowest BCUT2D eigenvalue weighted by Crippen LogP contribution is -2.42. The quantitative estimate of drug-likeness (QED) is 0.395. The molecular weight excluding hydrogens is 440 g/mol. The van der Waals surface area contributed by atoms with Crippen LogP contribution in [0.25, 0.3) is 0 Å². The number of nitrogens with one attached hydrogen (secondary N) is 1. The monoisotopic (exact) mass is 470 g/mol. The fourth-order valence-corrected chi connectivity index (χ4v) is 2.99. The molecule has 1 N–H and O–H groups in total. The van der Waals surface area contributed by atoms with Crippen LogP contribution in [-0.2, 0) is 30.4 Å². The number of hydrogen-bond donors (Lipinski definition) is 1. The van der Waals surface area contributed by atoms with Gasteiger partial charge < -0.3 is 19.5 Å². The number of hydrogen-bond acceptors (Lipinski definition) is 7. The van der Waals surface area contributed by atoms with E-state index in [-0.39, 0.29) is 38.2 Å². The molecule has 2 rings (SSSR count). The number of anilines is 1. The number of rotatable bonds is 11. The van der Waals surface area contributed by atoms with E-state index in [0.717, 1.165) is 5.56 Å². The van der Waals surface area contributed by atoms with Gasteiger partial charge in [0.05, 0.1) is 13.2 Å². The Morgan fingerprint density at radius 2 is 1.53 bits per heavy atom.